The Morgan fingerprint density at radius 3 is 2.22 bits per heavy atom. The molecule has 0 saturated heterocycles. The summed E-state index contributed by atoms with van der Waals surface area (Å²) in [5.74, 6) is 0. The quantitative estimate of drug-likeness (QED) is 0.414. The fraction of sp³-hybridized carbons (Fsp3) is 0.833. The van der Waals surface area contributed by atoms with Crippen molar-refractivity contribution in [3.05, 3.63) is 0 Å². The number of rotatable bonds is 4. The van der Waals surface area contributed by atoms with E-state index in [-0.39, 0.29) is 0 Å². The molecular formula is C6H16N2O. The van der Waals surface area contributed by atoms with Crippen LogP contribution in [-0.4, -0.2) is 19.9 Å². The van der Waals surface area contributed by atoms with Gasteiger partial charge < -0.3 is 16.3 Å². The number of hydrogen-bond acceptors (Lipinski definition) is 3. The van der Waals surface area contributed by atoms with Crippen LogP contribution in [0.25, 0.3) is 0 Å². The Morgan fingerprint density at radius 2 is 1.89 bits per heavy atom. The molecule has 0 aromatic heterocycles. The molecule has 0 aromatic carbocycles. The van der Waals surface area contributed by atoms with Crippen molar-refractivity contribution in [3.63, 3.8) is 0 Å². The smallest absolute Gasteiger partial charge is 0.119 e. The molecule has 0 amide bonds. The van der Waals surface area contributed by atoms with Crippen LogP contribution in [0, 0.1) is 0 Å². The lowest BCUT2D eigenvalue weighted by atomic mass is 10.2. The molecule has 3 heteroatoms. The number of unbranched alkanes of at least 4 members (excludes halogenated alkanes) is 2. The van der Waals surface area contributed by atoms with Gasteiger partial charge in [-0.05, 0) is 26.4 Å². The van der Waals surface area contributed by atoms with Gasteiger partial charge in [0.2, 0.25) is 0 Å². The fourth-order valence-corrected chi connectivity index (χ4v) is 0.372. The highest BCUT2D eigenvalue weighted by Gasteiger charge is 1.80. The molecule has 0 rings (SSSR count). The normalized spacial score (nSPS) is 7.44. The Labute approximate surface area is 56.4 Å². The highest BCUT2D eigenvalue weighted by Crippen LogP contribution is 1.87. The van der Waals surface area contributed by atoms with Gasteiger partial charge >= 0.3 is 0 Å². The summed E-state index contributed by atoms with van der Waals surface area (Å²) in [5.41, 5.74) is 9.65. The van der Waals surface area contributed by atoms with E-state index in [0.717, 1.165) is 19.1 Å². The zero-order chi connectivity index (χ0) is 7.54. The van der Waals surface area contributed by atoms with E-state index in [1.807, 2.05) is 0 Å². The maximum absolute atomic E-state index is 9.64. The van der Waals surface area contributed by atoms with Crippen LogP contribution >= 0.6 is 0 Å². The van der Waals surface area contributed by atoms with Gasteiger partial charge in [0.15, 0.2) is 0 Å². The molecule has 0 aromatic rings. The standard InChI is InChI=1S/C5H11NO.CH5N/c6-4-2-1-3-5-7;1-2/h5H,1-4,6H2;2H2,1H3. The molecule has 0 fully saturated rings. The summed E-state index contributed by atoms with van der Waals surface area (Å²) in [5, 5.41) is 0. The zero-order valence-corrected chi connectivity index (χ0v) is 5.97. The van der Waals surface area contributed by atoms with Crippen LogP contribution in [0.1, 0.15) is 19.3 Å². The SMILES string of the molecule is CN.NCCCCC=O. The summed E-state index contributed by atoms with van der Waals surface area (Å²) in [6, 6.07) is 0. The summed E-state index contributed by atoms with van der Waals surface area (Å²) in [7, 11) is 1.50. The van der Waals surface area contributed by atoms with Crippen molar-refractivity contribution in [2.75, 3.05) is 13.6 Å². The highest BCUT2D eigenvalue weighted by molar-refractivity contribution is 5.48. The lowest BCUT2D eigenvalue weighted by Crippen LogP contribution is -1.97. The predicted molar refractivity (Wildman–Crippen MR) is 39.1 cm³/mol. The lowest BCUT2D eigenvalue weighted by Gasteiger charge is -1.86. The summed E-state index contributed by atoms with van der Waals surface area (Å²) in [6.07, 6.45) is 3.51. The molecule has 0 spiro atoms. The zero-order valence-electron chi connectivity index (χ0n) is 5.97. The van der Waals surface area contributed by atoms with Gasteiger partial charge in [-0.1, -0.05) is 0 Å². The average molecular weight is 132 g/mol. The minimum atomic E-state index is 0.664. The van der Waals surface area contributed by atoms with Crippen LogP contribution < -0.4 is 11.5 Å². The molecule has 0 atom stereocenters. The van der Waals surface area contributed by atoms with Gasteiger partial charge in [0, 0.05) is 6.42 Å². The molecule has 0 heterocycles. The molecule has 0 radical (unpaired) electrons. The van der Waals surface area contributed by atoms with Gasteiger partial charge in [-0.15, -0.1) is 0 Å². The Morgan fingerprint density at radius 1 is 1.33 bits per heavy atom. The maximum Gasteiger partial charge on any atom is 0.119 e. The number of aldehydes is 1. The fourth-order valence-electron chi connectivity index (χ4n) is 0.372. The predicted octanol–water partition coefficient (Wildman–Crippen LogP) is -0.111. The second kappa shape index (κ2) is 15.6. The molecule has 0 bridgehead atoms. The average Bonchev–Trinajstić information content (AvgIpc) is 1.94. The highest BCUT2D eigenvalue weighted by atomic mass is 16.1. The molecule has 0 unspecified atom stereocenters. The van der Waals surface area contributed by atoms with Gasteiger partial charge in [0.1, 0.15) is 6.29 Å². The van der Waals surface area contributed by atoms with Gasteiger partial charge in [-0.2, -0.15) is 0 Å². The molecule has 0 saturated carbocycles. The Kier molecular flexibility index (Phi) is 19.8. The maximum atomic E-state index is 9.64. The van der Waals surface area contributed by atoms with E-state index >= 15 is 0 Å². The first-order chi connectivity index (χ1) is 4.41. The molecule has 56 valence electrons. The third-order valence-electron chi connectivity index (χ3n) is 0.776. The molecular weight excluding hydrogens is 116 g/mol. The van der Waals surface area contributed by atoms with E-state index in [4.69, 9.17) is 5.73 Å². The molecule has 0 aliphatic carbocycles. The summed E-state index contributed by atoms with van der Waals surface area (Å²) in [6.45, 7) is 0.702. The third kappa shape index (κ3) is 18.4. The van der Waals surface area contributed by atoms with Crippen molar-refractivity contribution in [1.82, 2.24) is 0 Å². The van der Waals surface area contributed by atoms with Crippen molar-refractivity contribution in [1.29, 1.82) is 0 Å². The largest absolute Gasteiger partial charge is 0.333 e. The molecule has 0 aliphatic rings. The van der Waals surface area contributed by atoms with Crippen LogP contribution in [0.5, 0.6) is 0 Å². The van der Waals surface area contributed by atoms with E-state index in [9.17, 15) is 4.79 Å². The second-order valence-electron chi connectivity index (χ2n) is 1.45. The molecule has 9 heavy (non-hydrogen) atoms. The van der Waals surface area contributed by atoms with Gasteiger partial charge in [-0.3, -0.25) is 0 Å². The summed E-state index contributed by atoms with van der Waals surface area (Å²) >= 11 is 0. The van der Waals surface area contributed by atoms with E-state index in [0.29, 0.717) is 13.0 Å². The minimum Gasteiger partial charge on any atom is -0.333 e. The first kappa shape index (κ1) is 11.4. The summed E-state index contributed by atoms with van der Waals surface area (Å²) < 4.78 is 0. The second-order valence-corrected chi connectivity index (χ2v) is 1.45. The van der Waals surface area contributed by atoms with E-state index in [1.54, 1.807) is 0 Å². The molecule has 0 aliphatic heterocycles. The van der Waals surface area contributed by atoms with Crippen molar-refractivity contribution in [3.8, 4) is 0 Å². The minimum absolute atomic E-state index is 0.664. The van der Waals surface area contributed by atoms with Crippen molar-refractivity contribution >= 4 is 6.29 Å². The van der Waals surface area contributed by atoms with Crippen molar-refractivity contribution in [2.24, 2.45) is 11.5 Å². The number of hydrogen-bond donors (Lipinski definition) is 2. The molecule has 3 nitrogen and oxygen atoms in total. The Hall–Kier alpha value is -0.410. The summed E-state index contributed by atoms with van der Waals surface area (Å²) in [4.78, 5) is 9.64. The first-order valence-corrected chi connectivity index (χ1v) is 3.13. The van der Waals surface area contributed by atoms with Crippen LogP contribution in [0.15, 0.2) is 0 Å². The van der Waals surface area contributed by atoms with Gasteiger partial charge in [0.25, 0.3) is 0 Å². The lowest BCUT2D eigenvalue weighted by molar-refractivity contribution is -0.107. The third-order valence-corrected chi connectivity index (χ3v) is 0.776. The van der Waals surface area contributed by atoms with Gasteiger partial charge in [0.05, 0.1) is 0 Å². The Bertz CT molecular complexity index is 48.3. The number of carbonyl (C=O) groups excluding carboxylic acids is 1. The van der Waals surface area contributed by atoms with Crippen molar-refractivity contribution in [2.45, 2.75) is 19.3 Å². The van der Waals surface area contributed by atoms with Gasteiger partial charge in [-0.25, -0.2) is 0 Å². The molecule has 4 N–H and O–H groups in total. The number of carbonyl (C=O) groups is 1. The van der Waals surface area contributed by atoms with Crippen molar-refractivity contribution < 1.29 is 4.79 Å². The van der Waals surface area contributed by atoms with Crippen LogP contribution in [0.3, 0.4) is 0 Å². The monoisotopic (exact) mass is 132 g/mol. The first-order valence-electron chi connectivity index (χ1n) is 3.13. The Balaban J connectivity index is 0. The topological polar surface area (TPSA) is 69.1 Å². The van der Waals surface area contributed by atoms with Crippen LogP contribution in [0.4, 0.5) is 0 Å². The number of nitrogens with two attached hydrogens (primary N) is 2. The van der Waals surface area contributed by atoms with E-state index in [2.05, 4.69) is 5.73 Å². The van der Waals surface area contributed by atoms with Crippen LogP contribution in [0.2, 0.25) is 0 Å². The van der Waals surface area contributed by atoms with E-state index < -0.39 is 0 Å². The van der Waals surface area contributed by atoms with E-state index in [1.165, 1.54) is 7.05 Å². The van der Waals surface area contributed by atoms with Crippen LogP contribution in [-0.2, 0) is 4.79 Å².